The van der Waals surface area contributed by atoms with Crippen molar-refractivity contribution in [2.75, 3.05) is 26.2 Å². The van der Waals surface area contributed by atoms with Crippen LogP contribution in [0.25, 0.3) is 0 Å². The zero-order valence-corrected chi connectivity index (χ0v) is 11.7. The molecule has 108 valence electrons. The molecule has 3 rings (SSSR count). The molecule has 3 nitrogen and oxygen atoms in total. The monoisotopic (exact) mass is 276 g/mol. The third kappa shape index (κ3) is 2.70. The molecule has 2 heterocycles. The molecule has 20 heavy (non-hydrogen) atoms. The summed E-state index contributed by atoms with van der Waals surface area (Å²) in [7, 11) is 0. The molecule has 1 N–H and O–H groups in total. The van der Waals surface area contributed by atoms with Gasteiger partial charge in [-0.25, -0.2) is 4.39 Å². The van der Waals surface area contributed by atoms with Gasteiger partial charge >= 0.3 is 0 Å². The molecule has 2 aliphatic heterocycles. The number of benzene rings is 1. The van der Waals surface area contributed by atoms with Gasteiger partial charge in [-0.2, -0.15) is 0 Å². The molecule has 4 heteroatoms. The lowest BCUT2D eigenvalue weighted by Crippen LogP contribution is -2.52. The van der Waals surface area contributed by atoms with E-state index in [0.717, 1.165) is 32.6 Å². The maximum Gasteiger partial charge on any atom is 0.253 e. The van der Waals surface area contributed by atoms with Crippen LogP contribution in [0, 0.1) is 11.2 Å². The Hall–Kier alpha value is -1.42. The van der Waals surface area contributed by atoms with Gasteiger partial charge in [0, 0.05) is 30.6 Å². The highest BCUT2D eigenvalue weighted by atomic mass is 19.1. The summed E-state index contributed by atoms with van der Waals surface area (Å²) in [5, 5.41) is 3.46. The number of hydrogen-bond donors (Lipinski definition) is 1. The van der Waals surface area contributed by atoms with E-state index in [2.05, 4.69) is 5.32 Å². The number of nitrogens with zero attached hydrogens (tertiary/aromatic N) is 1. The van der Waals surface area contributed by atoms with Gasteiger partial charge in [-0.05, 0) is 50.4 Å². The van der Waals surface area contributed by atoms with Gasteiger partial charge in [-0.15, -0.1) is 0 Å². The smallest absolute Gasteiger partial charge is 0.253 e. The first kappa shape index (κ1) is 13.6. The quantitative estimate of drug-likeness (QED) is 0.854. The number of likely N-dealkylation sites (tertiary alicyclic amines) is 1. The second kappa shape index (κ2) is 5.52. The Labute approximate surface area is 119 Å². The van der Waals surface area contributed by atoms with Crippen molar-refractivity contribution in [2.45, 2.75) is 25.7 Å². The number of halogens is 1. The Morgan fingerprint density at radius 3 is 2.90 bits per heavy atom. The molecule has 1 aromatic carbocycles. The minimum atomic E-state index is -0.345. The summed E-state index contributed by atoms with van der Waals surface area (Å²) < 4.78 is 13.3. The molecule has 1 aromatic rings. The van der Waals surface area contributed by atoms with Crippen LogP contribution in [0.2, 0.25) is 0 Å². The first-order valence-corrected chi connectivity index (χ1v) is 7.44. The van der Waals surface area contributed by atoms with E-state index in [-0.39, 0.29) is 17.1 Å². The zero-order valence-electron chi connectivity index (χ0n) is 11.7. The minimum Gasteiger partial charge on any atom is -0.338 e. The molecule has 2 fully saturated rings. The van der Waals surface area contributed by atoms with Crippen LogP contribution in [-0.4, -0.2) is 37.0 Å². The topological polar surface area (TPSA) is 32.3 Å². The Kier molecular flexibility index (Phi) is 3.74. The maximum absolute atomic E-state index is 13.3. The fraction of sp³-hybridized carbons (Fsp3) is 0.562. The number of amides is 1. The van der Waals surface area contributed by atoms with Crippen LogP contribution in [0.1, 0.15) is 36.0 Å². The number of carbonyl (C=O) groups excluding carboxylic acids is 1. The number of carbonyl (C=O) groups is 1. The van der Waals surface area contributed by atoms with E-state index in [1.807, 2.05) is 4.90 Å². The van der Waals surface area contributed by atoms with Gasteiger partial charge in [0.15, 0.2) is 0 Å². The van der Waals surface area contributed by atoms with E-state index in [4.69, 9.17) is 0 Å². The highest BCUT2D eigenvalue weighted by Gasteiger charge is 2.38. The van der Waals surface area contributed by atoms with Gasteiger partial charge in [-0.1, -0.05) is 6.07 Å². The molecule has 2 saturated heterocycles. The Morgan fingerprint density at radius 1 is 1.30 bits per heavy atom. The number of hydrogen-bond acceptors (Lipinski definition) is 2. The first-order chi connectivity index (χ1) is 9.69. The first-order valence-electron chi connectivity index (χ1n) is 7.44. The van der Waals surface area contributed by atoms with Crippen molar-refractivity contribution in [3.05, 3.63) is 35.6 Å². The molecule has 2 aliphatic rings. The second-order valence-electron chi connectivity index (χ2n) is 6.12. The van der Waals surface area contributed by atoms with Crippen molar-refractivity contribution < 1.29 is 9.18 Å². The number of rotatable bonds is 1. The van der Waals surface area contributed by atoms with Gasteiger partial charge < -0.3 is 10.2 Å². The van der Waals surface area contributed by atoms with Gasteiger partial charge in [0.25, 0.3) is 5.91 Å². The number of nitrogens with one attached hydrogen (secondary N) is 1. The molecule has 0 radical (unpaired) electrons. The fourth-order valence-electron chi connectivity index (χ4n) is 3.56. The van der Waals surface area contributed by atoms with E-state index in [0.29, 0.717) is 5.56 Å². The van der Waals surface area contributed by atoms with E-state index < -0.39 is 0 Å². The van der Waals surface area contributed by atoms with E-state index >= 15 is 0 Å². The predicted molar refractivity (Wildman–Crippen MR) is 76.1 cm³/mol. The average molecular weight is 276 g/mol. The van der Waals surface area contributed by atoms with Crippen molar-refractivity contribution in [1.29, 1.82) is 0 Å². The molecular weight excluding hydrogens is 255 g/mol. The van der Waals surface area contributed by atoms with Crippen LogP contribution in [0.5, 0.6) is 0 Å². The van der Waals surface area contributed by atoms with Crippen molar-refractivity contribution in [1.82, 2.24) is 10.2 Å². The summed E-state index contributed by atoms with van der Waals surface area (Å²) in [6.07, 6.45) is 4.60. The molecule has 0 saturated carbocycles. The highest BCUT2D eigenvalue weighted by Crippen LogP contribution is 2.36. The van der Waals surface area contributed by atoms with Crippen LogP contribution in [0.15, 0.2) is 24.3 Å². The van der Waals surface area contributed by atoms with Crippen LogP contribution in [0.3, 0.4) is 0 Å². The lowest BCUT2D eigenvalue weighted by molar-refractivity contribution is 0.0433. The molecule has 0 aliphatic carbocycles. The molecular formula is C16H21FN2O. The highest BCUT2D eigenvalue weighted by molar-refractivity contribution is 5.94. The van der Waals surface area contributed by atoms with Gasteiger partial charge in [0.2, 0.25) is 0 Å². The molecule has 1 atom stereocenters. The lowest BCUT2D eigenvalue weighted by Gasteiger charge is -2.45. The Balaban J connectivity index is 1.74. The third-order valence-corrected chi connectivity index (χ3v) is 4.58. The third-order valence-electron chi connectivity index (χ3n) is 4.58. The van der Waals surface area contributed by atoms with Gasteiger partial charge in [0.05, 0.1) is 0 Å². The molecule has 0 aromatic heterocycles. The summed E-state index contributed by atoms with van der Waals surface area (Å²) in [4.78, 5) is 14.4. The zero-order chi connectivity index (χ0) is 14.0. The molecule has 1 spiro atoms. The molecule has 0 bridgehead atoms. The minimum absolute atomic E-state index is 0.0332. The average Bonchev–Trinajstić information content (AvgIpc) is 2.47. The summed E-state index contributed by atoms with van der Waals surface area (Å²) in [6, 6.07) is 6.01. The van der Waals surface area contributed by atoms with Crippen molar-refractivity contribution in [3.63, 3.8) is 0 Å². The summed E-state index contributed by atoms with van der Waals surface area (Å²) in [5.74, 6) is -0.379. The van der Waals surface area contributed by atoms with E-state index in [9.17, 15) is 9.18 Å². The predicted octanol–water partition coefficient (Wildman–Crippen LogP) is 2.43. The van der Waals surface area contributed by atoms with Gasteiger partial charge in [-0.3, -0.25) is 4.79 Å². The van der Waals surface area contributed by atoms with Crippen LogP contribution in [0.4, 0.5) is 4.39 Å². The Morgan fingerprint density at radius 2 is 2.15 bits per heavy atom. The summed E-state index contributed by atoms with van der Waals surface area (Å²) in [5.41, 5.74) is 0.699. The number of piperidine rings is 2. The second-order valence-corrected chi connectivity index (χ2v) is 6.12. The molecule has 1 unspecified atom stereocenters. The fourth-order valence-corrected chi connectivity index (χ4v) is 3.56. The summed E-state index contributed by atoms with van der Waals surface area (Å²) in [6.45, 7) is 3.67. The van der Waals surface area contributed by atoms with E-state index in [1.165, 1.54) is 31.4 Å². The van der Waals surface area contributed by atoms with Crippen molar-refractivity contribution >= 4 is 5.91 Å². The normalized spacial score (nSPS) is 26.8. The van der Waals surface area contributed by atoms with Crippen molar-refractivity contribution in [3.8, 4) is 0 Å². The van der Waals surface area contributed by atoms with Gasteiger partial charge in [0.1, 0.15) is 5.82 Å². The standard InChI is InChI=1S/C16H21FN2O/c17-14-5-1-4-13(10-14)15(20)19-9-3-7-16(12-19)6-2-8-18-11-16/h1,4-5,10,18H,2-3,6-9,11-12H2. The van der Waals surface area contributed by atoms with Crippen LogP contribution in [-0.2, 0) is 0 Å². The maximum atomic E-state index is 13.3. The van der Waals surface area contributed by atoms with Crippen LogP contribution >= 0.6 is 0 Å². The SMILES string of the molecule is O=C(c1cccc(F)c1)N1CCCC2(CCCNC2)C1. The van der Waals surface area contributed by atoms with Crippen LogP contribution < -0.4 is 5.32 Å². The van der Waals surface area contributed by atoms with Crippen molar-refractivity contribution in [2.24, 2.45) is 5.41 Å². The lowest BCUT2D eigenvalue weighted by atomic mass is 9.74. The molecule has 1 amide bonds. The Bertz CT molecular complexity index is 491. The largest absolute Gasteiger partial charge is 0.338 e. The van der Waals surface area contributed by atoms with E-state index in [1.54, 1.807) is 12.1 Å². The summed E-state index contributed by atoms with van der Waals surface area (Å²) >= 11 is 0.